The highest BCUT2D eigenvalue weighted by Gasteiger charge is 2.19. The zero-order valence-corrected chi connectivity index (χ0v) is 13.0. The van der Waals surface area contributed by atoms with Gasteiger partial charge in [-0.2, -0.15) is 0 Å². The van der Waals surface area contributed by atoms with E-state index in [0.717, 1.165) is 22.6 Å². The van der Waals surface area contributed by atoms with E-state index in [1.807, 2.05) is 72.8 Å². The van der Waals surface area contributed by atoms with Crippen molar-refractivity contribution in [2.75, 3.05) is 10.6 Å². The lowest BCUT2D eigenvalue weighted by Crippen LogP contribution is -2.20. The van der Waals surface area contributed by atoms with Crippen LogP contribution in [-0.4, -0.2) is 11.1 Å². The molecule has 0 radical (unpaired) electrons. The molecule has 1 unspecified atom stereocenters. The molecule has 0 aliphatic heterocycles. The second kappa shape index (κ2) is 7.33. The van der Waals surface area contributed by atoms with Crippen LogP contribution in [-0.2, 0) is 4.79 Å². The Labute approximate surface area is 140 Å². The quantitative estimate of drug-likeness (QED) is 0.618. The summed E-state index contributed by atoms with van der Waals surface area (Å²) < 4.78 is 0. The Morgan fingerprint density at radius 3 is 1.79 bits per heavy atom. The molecule has 0 aliphatic rings. The Hall–Kier alpha value is -3.27. The fourth-order valence-corrected chi connectivity index (χ4v) is 2.44. The van der Waals surface area contributed by atoms with Gasteiger partial charge in [-0.15, -0.1) is 0 Å². The topological polar surface area (TPSA) is 61.4 Å². The van der Waals surface area contributed by atoms with Gasteiger partial charge in [-0.25, -0.2) is 4.79 Å². The summed E-state index contributed by atoms with van der Waals surface area (Å²) in [6.45, 7) is 0. The van der Waals surface area contributed by atoms with E-state index in [-0.39, 0.29) is 0 Å². The summed E-state index contributed by atoms with van der Waals surface area (Å²) in [7, 11) is 0. The molecule has 0 spiro atoms. The SMILES string of the molecule is O=C(O)C(Nc1ccc(Nc2ccccc2)cc1)c1ccccc1. The van der Waals surface area contributed by atoms with Crippen molar-refractivity contribution in [1.82, 2.24) is 0 Å². The highest BCUT2D eigenvalue weighted by Crippen LogP contribution is 2.23. The van der Waals surface area contributed by atoms with Crippen LogP contribution in [0.25, 0.3) is 0 Å². The molecule has 0 saturated heterocycles. The van der Waals surface area contributed by atoms with E-state index in [1.165, 1.54) is 0 Å². The van der Waals surface area contributed by atoms with Crippen LogP contribution in [0.5, 0.6) is 0 Å². The molecule has 0 bridgehead atoms. The van der Waals surface area contributed by atoms with Crippen LogP contribution in [0.4, 0.5) is 17.1 Å². The van der Waals surface area contributed by atoms with Gasteiger partial charge in [0.15, 0.2) is 6.04 Å². The van der Waals surface area contributed by atoms with Gasteiger partial charge in [-0.1, -0.05) is 48.5 Å². The Balaban J connectivity index is 1.72. The average Bonchev–Trinajstić information content (AvgIpc) is 2.62. The zero-order valence-electron chi connectivity index (χ0n) is 13.0. The predicted octanol–water partition coefficient (Wildman–Crippen LogP) is 4.67. The molecule has 0 fully saturated rings. The molecule has 0 saturated carbocycles. The number of carbonyl (C=O) groups is 1. The number of para-hydroxylation sites is 1. The second-order valence-corrected chi connectivity index (χ2v) is 5.39. The van der Waals surface area contributed by atoms with E-state index < -0.39 is 12.0 Å². The van der Waals surface area contributed by atoms with Gasteiger partial charge in [0.2, 0.25) is 0 Å². The van der Waals surface area contributed by atoms with Crippen molar-refractivity contribution in [3.05, 3.63) is 90.5 Å². The van der Waals surface area contributed by atoms with Gasteiger partial charge in [0.25, 0.3) is 0 Å². The molecule has 4 heteroatoms. The summed E-state index contributed by atoms with van der Waals surface area (Å²) >= 11 is 0. The maximum Gasteiger partial charge on any atom is 0.330 e. The maximum atomic E-state index is 11.5. The Morgan fingerprint density at radius 2 is 1.21 bits per heavy atom. The number of benzene rings is 3. The van der Waals surface area contributed by atoms with Gasteiger partial charge < -0.3 is 15.7 Å². The molecule has 120 valence electrons. The van der Waals surface area contributed by atoms with Gasteiger partial charge in [0, 0.05) is 17.1 Å². The predicted molar refractivity (Wildman–Crippen MR) is 96.6 cm³/mol. The van der Waals surface area contributed by atoms with Gasteiger partial charge >= 0.3 is 5.97 Å². The lowest BCUT2D eigenvalue weighted by atomic mass is 10.1. The summed E-state index contributed by atoms with van der Waals surface area (Å²) in [6.07, 6.45) is 0. The van der Waals surface area contributed by atoms with E-state index in [2.05, 4.69) is 10.6 Å². The van der Waals surface area contributed by atoms with Gasteiger partial charge in [-0.3, -0.25) is 0 Å². The first-order valence-corrected chi connectivity index (χ1v) is 7.69. The zero-order chi connectivity index (χ0) is 16.8. The van der Waals surface area contributed by atoms with Gasteiger partial charge in [0.1, 0.15) is 0 Å². The van der Waals surface area contributed by atoms with Crippen molar-refractivity contribution in [2.24, 2.45) is 0 Å². The number of aliphatic carboxylic acids is 1. The lowest BCUT2D eigenvalue weighted by Gasteiger charge is -2.16. The third kappa shape index (κ3) is 3.93. The molecule has 3 aromatic carbocycles. The van der Waals surface area contributed by atoms with Crippen LogP contribution in [0.15, 0.2) is 84.9 Å². The minimum atomic E-state index is -0.910. The summed E-state index contributed by atoms with van der Waals surface area (Å²) in [4.78, 5) is 11.5. The van der Waals surface area contributed by atoms with E-state index in [4.69, 9.17) is 0 Å². The molecule has 3 rings (SSSR count). The molecular formula is C20H18N2O2. The van der Waals surface area contributed by atoms with E-state index in [9.17, 15) is 9.90 Å². The minimum absolute atomic E-state index is 0.719. The molecule has 4 nitrogen and oxygen atoms in total. The Morgan fingerprint density at radius 1 is 0.708 bits per heavy atom. The first kappa shape index (κ1) is 15.6. The highest BCUT2D eigenvalue weighted by atomic mass is 16.4. The first-order chi connectivity index (χ1) is 11.7. The second-order valence-electron chi connectivity index (χ2n) is 5.39. The first-order valence-electron chi connectivity index (χ1n) is 7.69. The van der Waals surface area contributed by atoms with E-state index in [1.54, 1.807) is 12.1 Å². The molecule has 0 aliphatic carbocycles. The summed E-state index contributed by atoms with van der Waals surface area (Å²) in [6, 6.07) is 25.8. The molecule has 1 atom stereocenters. The van der Waals surface area contributed by atoms with Crippen LogP contribution < -0.4 is 10.6 Å². The van der Waals surface area contributed by atoms with Crippen LogP contribution in [0.2, 0.25) is 0 Å². The van der Waals surface area contributed by atoms with Gasteiger partial charge in [0.05, 0.1) is 0 Å². The van der Waals surface area contributed by atoms with Crippen molar-refractivity contribution < 1.29 is 9.90 Å². The van der Waals surface area contributed by atoms with Crippen LogP contribution in [0.1, 0.15) is 11.6 Å². The Bertz CT molecular complexity index is 787. The van der Waals surface area contributed by atoms with Crippen molar-refractivity contribution in [3.8, 4) is 0 Å². The molecule has 0 amide bonds. The molecule has 3 N–H and O–H groups in total. The molecular weight excluding hydrogens is 300 g/mol. The number of nitrogens with one attached hydrogen (secondary N) is 2. The fraction of sp³-hybridized carbons (Fsp3) is 0.0500. The number of anilines is 3. The largest absolute Gasteiger partial charge is 0.479 e. The van der Waals surface area contributed by atoms with Crippen LogP contribution in [0.3, 0.4) is 0 Å². The summed E-state index contributed by atoms with van der Waals surface area (Å²) in [5.41, 5.74) is 3.42. The third-order valence-electron chi connectivity index (χ3n) is 3.64. The van der Waals surface area contributed by atoms with Crippen molar-refractivity contribution >= 4 is 23.0 Å². The molecule has 3 aromatic rings. The smallest absolute Gasteiger partial charge is 0.330 e. The number of hydrogen-bond donors (Lipinski definition) is 3. The molecule has 0 aromatic heterocycles. The van der Waals surface area contributed by atoms with Crippen molar-refractivity contribution in [3.63, 3.8) is 0 Å². The number of carboxylic acids is 1. The van der Waals surface area contributed by atoms with Crippen LogP contribution in [0, 0.1) is 0 Å². The number of rotatable bonds is 6. The van der Waals surface area contributed by atoms with E-state index in [0.29, 0.717) is 0 Å². The monoisotopic (exact) mass is 318 g/mol. The summed E-state index contributed by atoms with van der Waals surface area (Å²) in [5, 5.41) is 15.8. The molecule has 0 heterocycles. The fourth-order valence-electron chi connectivity index (χ4n) is 2.44. The number of carboxylic acid groups (broad SMARTS) is 1. The minimum Gasteiger partial charge on any atom is -0.479 e. The summed E-state index contributed by atoms with van der Waals surface area (Å²) in [5.74, 6) is -0.910. The molecule has 24 heavy (non-hydrogen) atoms. The maximum absolute atomic E-state index is 11.5. The average molecular weight is 318 g/mol. The highest BCUT2D eigenvalue weighted by molar-refractivity contribution is 5.79. The number of hydrogen-bond acceptors (Lipinski definition) is 3. The lowest BCUT2D eigenvalue weighted by molar-refractivity contribution is -0.138. The third-order valence-corrected chi connectivity index (χ3v) is 3.64. The normalized spacial score (nSPS) is 11.5. The van der Waals surface area contributed by atoms with Gasteiger partial charge in [-0.05, 0) is 42.0 Å². The standard InChI is InChI=1S/C20H18N2O2/c23-20(24)19(15-7-3-1-4-8-15)22-18-13-11-17(12-14-18)21-16-9-5-2-6-10-16/h1-14,19,21-22H,(H,23,24). The Kier molecular flexibility index (Phi) is 4.77. The van der Waals surface area contributed by atoms with Crippen LogP contribution >= 0.6 is 0 Å². The van der Waals surface area contributed by atoms with Crippen molar-refractivity contribution in [1.29, 1.82) is 0 Å². The van der Waals surface area contributed by atoms with Crippen molar-refractivity contribution in [2.45, 2.75) is 6.04 Å². The van der Waals surface area contributed by atoms with E-state index >= 15 is 0 Å².